The van der Waals surface area contributed by atoms with Crippen molar-refractivity contribution in [1.82, 2.24) is 0 Å². The number of esters is 1. The van der Waals surface area contributed by atoms with Crippen molar-refractivity contribution >= 4 is 5.97 Å². The van der Waals surface area contributed by atoms with Crippen LogP contribution in [0.25, 0.3) is 0 Å². The first kappa shape index (κ1) is 26.8. The summed E-state index contributed by atoms with van der Waals surface area (Å²) >= 11 is 0. The third-order valence-corrected chi connectivity index (χ3v) is 8.97. The number of carbonyl (C=O) groups is 1. The molecular weight excluding hydrogens is 452 g/mol. The lowest BCUT2D eigenvalue weighted by molar-refractivity contribution is -0.00949. The van der Waals surface area contributed by atoms with Crippen molar-refractivity contribution in [2.45, 2.75) is 96.6 Å². The molecule has 3 N–H and O–H groups in total. The quantitative estimate of drug-likeness (QED) is 0.464. The summed E-state index contributed by atoms with van der Waals surface area (Å²) in [5.41, 5.74) is 3.26. The number of allylic oxidation sites excluding steroid dienone is 3. The van der Waals surface area contributed by atoms with E-state index in [1.807, 2.05) is 13.0 Å². The highest BCUT2D eigenvalue weighted by Crippen LogP contribution is 2.58. The van der Waals surface area contributed by atoms with Gasteiger partial charge in [-0.25, -0.2) is 4.79 Å². The fourth-order valence-electron chi connectivity index (χ4n) is 6.86. The molecule has 0 aromatic heterocycles. The summed E-state index contributed by atoms with van der Waals surface area (Å²) in [6.07, 6.45) is 9.07. The maximum atomic E-state index is 13.0. The molecule has 36 heavy (non-hydrogen) atoms. The normalized spacial score (nSPS) is 34.0. The van der Waals surface area contributed by atoms with Gasteiger partial charge in [-0.1, -0.05) is 43.4 Å². The number of hydrogen-bond donors (Lipinski definition) is 3. The first-order valence-corrected chi connectivity index (χ1v) is 13.4. The largest absolute Gasteiger partial charge is 0.459 e. The molecule has 3 saturated carbocycles. The number of rotatable bonds is 5. The van der Waals surface area contributed by atoms with Crippen LogP contribution in [0.15, 0.2) is 59.7 Å². The summed E-state index contributed by atoms with van der Waals surface area (Å²) < 4.78 is 6.01. The van der Waals surface area contributed by atoms with E-state index < -0.39 is 17.8 Å². The van der Waals surface area contributed by atoms with Gasteiger partial charge in [0, 0.05) is 12.3 Å². The highest BCUT2D eigenvalue weighted by molar-refractivity contribution is 5.89. The second-order valence-electron chi connectivity index (χ2n) is 11.9. The van der Waals surface area contributed by atoms with Crippen molar-refractivity contribution in [2.75, 3.05) is 0 Å². The summed E-state index contributed by atoms with van der Waals surface area (Å²) in [5.74, 6) is 0.359. The van der Waals surface area contributed by atoms with Crippen LogP contribution in [0, 0.1) is 17.3 Å². The highest BCUT2D eigenvalue weighted by Gasteiger charge is 2.51. The molecule has 5 nitrogen and oxygen atoms in total. The molecule has 0 heterocycles. The molecule has 1 aromatic carbocycles. The second kappa shape index (κ2) is 10.3. The summed E-state index contributed by atoms with van der Waals surface area (Å²) in [5, 5.41) is 30.6. The Kier molecular flexibility index (Phi) is 7.66. The van der Waals surface area contributed by atoms with Crippen LogP contribution in [0.3, 0.4) is 0 Å². The predicted molar refractivity (Wildman–Crippen MR) is 141 cm³/mol. The summed E-state index contributed by atoms with van der Waals surface area (Å²) in [4.78, 5) is 13.0. The van der Waals surface area contributed by atoms with E-state index in [0.29, 0.717) is 35.5 Å². The third-order valence-electron chi connectivity index (χ3n) is 8.97. The SMILES string of the molecule is C=C1/C(=C\C=C2/CCC[C@]3(C)[C@@H]([C@H](C)OC(=O)c4cccc(C(C)(C)O)c4)CC[C@@H]23)C[C@@H](O)C[C@@H]1O. The number of ether oxygens (including phenoxy) is 1. The topological polar surface area (TPSA) is 87.0 Å². The standard InChI is InChI=1S/C31H42O5/c1-19-22(17-25(32)18-28(19)33)12-11-21-9-7-15-31(5)26(13-14-27(21)31)20(2)36-29(34)23-8-6-10-24(16-23)30(3,4)35/h6,8,10-12,16,20,25-28,32-33,35H,1,7,9,13-15,17-18H2,2-5H3/b21-11+,22-12-/t20-,25+,26+,27-,28-,31+/m0/s1. The zero-order valence-corrected chi connectivity index (χ0v) is 22.2. The van der Waals surface area contributed by atoms with Gasteiger partial charge in [0.1, 0.15) is 6.10 Å². The molecule has 0 spiro atoms. The van der Waals surface area contributed by atoms with Gasteiger partial charge in [-0.2, -0.15) is 0 Å². The molecule has 4 rings (SSSR count). The molecule has 0 bridgehead atoms. The lowest BCUT2D eigenvalue weighted by Crippen LogP contribution is -2.39. The van der Waals surface area contributed by atoms with Gasteiger partial charge in [0.05, 0.1) is 23.4 Å². The van der Waals surface area contributed by atoms with E-state index in [1.54, 1.807) is 32.0 Å². The number of aliphatic hydroxyl groups excluding tert-OH is 2. The van der Waals surface area contributed by atoms with Crippen LogP contribution in [-0.4, -0.2) is 39.6 Å². The molecule has 5 heteroatoms. The second-order valence-corrected chi connectivity index (χ2v) is 11.9. The Morgan fingerprint density at radius 1 is 1.25 bits per heavy atom. The molecule has 0 unspecified atom stereocenters. The smallest absolute Gasteiger partial charge is 0.338 e. The van der Waals surface area contributed by atoms with Gasteiger partial charge in [0.2, 0.25) is 0 Å². The molecule has 0 radical (unpaired) electrons. The van der Waals surface area contributed by atoms with E-state index in [-0.39, 0.29) is 23.4 Å². The van der Waals surface area contributed by atoms with E-state index in [0.717, 1.165) is 37.7 Å². The van der Waals surface area contributed by atoms with E-state index in [4.69, 9.17) is 4.74 Å². The Labute approximate surface area is 215 Å². The minimum atomic E-state index is -1.02. The Hall–Kier alpha value is -2.21. The van der Waals surface area contributed by atoms with E-state index in [9.17, 15) is 20.1 Å². The van der Waals surface area contributed by atoms with Crippen LogP contribution >= 0.6 is 0 Å². The maximum absolute atomic E-state index is 13.0. The Bertz CT molecular complexity index is 1060. The Balaban J connectivity index is 1.48. The molecule has 0 aliphatic heterocycles. The first-order valence-electron chi connectivity index (χ1n) is 13.4. The summed E-state index contributed by atoms with van der Waals surface area (Å²) in [6.45, 7) is 11.8. The van der Waals surface area contributed by atoms with Crippen molar-refractivity contribution in [3.8, 4) is 0 Å². The zero-order chi connectivity index (χ0) is 26.3. The van der Waals surface area contributed by atoms with Gasteiger partial charge in [-0.15, -0.1) is 0 Å². The zero-order valence-electron chi connectivity index (χ0n) is 22.2. The van der Waals surface area contributed by atoms with E-state index in [1.165, 1.54) is 5.57 Å². The number of aliphatic hydroxyl groups is 3. The highest BCUT2D eigenvalue weighted by atomic mass is 16.5. The fourth-order valence-corrected chi connectivity index (χ4v) is 6.86. The molecule has 196 valence electrons. The van der Waals surface area contributed by atoms with Gasteiger partial charge in [0.25, 0.3) is 0 Å². The number of benzene rings is 1. The van der Waals surface area contributed by atoms with Crippen molar-refractivity contribution < 1.29 is 24.9 Å². The lowest BCUT2D eigenvalue weighted by Gasteiger charge is -2.44. The molecule has 3 aliphatic carbocycles. The van der Waals surface area contributed by atoms with Crippen LogP contribution in [0.2, 0.25) is 0 Å². The van der Waals surface area contributed by atoms with Crippen molar-refractivity contribution in [2.24, 2.45) is 17.3 Å². The minimum Gasteiger partial charge on any atom is -0.459 e. The van der Waals surface area contributed by atoms with E-state index >= 15 is 0 Å². The van der Waals surface area contributed by atoms with Crippen LogP contribution in [0.1, 0.15) is 88.6 Å². The molecular formula is C31H42O5. The van der Waals surface area contributed by atoms with E-state index in [2.05, 4.69) is 25.7 Å². The molecule has 1 aromatic rings. The van der Waals surface area contributed by atoms with Crippen molar-refractivity contribution in [3.63, 3.8) is 0 Å². The van der Waals surface area contributed by atoms with Gasteiger partial charge in [0.15, 0.2) is 0 Å². The van der Waals surface area contributed by atoms with Crippen molar-refractivity contribution in [1.29, 1.82) is 0 Å². The molecule has 3 fully saturated rings. The predicted octanol–water partition coefficient (Wildman–Crippen LogP) is 5.60. The van der Waals surface area contributed by atoms with Gasteiger partial charge in [-0.3, -0.25) is 0 Å². The first-order chi connectivity index (χ1) is 16.9. The van der Waals surface area contributed by atoms with Crippen LogP contribution in [0.4, 0.5) is 0 Å². The Morgan fingerprint density at radius 3 is 2.72 bits per heavy atom. The number of fused-ring (bicyclic) bond motifs is 1. The van der Waals surface area contributed by atoms with Crippen LogP contribution < -0.4 is 0 Å². The Morgan fingerprint density at radius 2 is 2.00 bits per heavy atom. The van der Waals surface area contributed by atoms with Crippen LogP contribution in [0.5, 0.6) is 0 Å². The maximum Gasteiger partial charge on any atom is 0.338 e. The lowest BCUT2D eigenvalue weighted by atomic mass is 9.62. The summed E-state index contributed by atoms with van der Waals surface area (Å²) in [7, 11) is 0. The van der Waals surface area contributed by atoms with Gasteiger partial charge >= 0.3 is 5.97 Å². The third kappa shape index (κ3) is 5.39. The number of hydrogen-bond acceptors (Lipinski definition) is 5. The van der Waals surface area contributed by atoms with Crippen LogP contribution in [-0.2, 0) is 10.3 Å². The average Bonchev–Trinajstić information content (AvgIpc) is 3.17. The fraction of sp³-hybridized carbons (Fsp3) is 0.581. The van der Waals surface area contributed by atoms with Crippen molar-refractivity contribution in [3.05, 3.63) is 70.8 Å². The minimum absolute atomic E-state index is 0.0554. The molecule has 0 amide bonds. The van der Waals surface area contributed by atoms with Gasteiger partial charge in [-0.05, 0) is 99.5 Å². The average molecular weight is 495 g/mol. The molecule has 6 atom stereocenters. The molecule has 3 aliphatic rings. The molecule has 0 saturated heterocycles. The monoisotopic (exact) mass is 494 g/mol. The van der Waals surface area contributed by atoms with Gasteiger partial charge < -0.3 is 20.1 Å². The number of carbonyl (C=O) groups excluding carboxylic acids is 1. The summed E-state index contributed by atoms with van der Waals surface area (Å²) in [6, 6.07) is 7.06.